The summed E-state index contributed by atoms with van der Waals surface area (Å²) in [5.41, 5.74) is 12.8. The fourth-order valence-electron chi connectivity index (χ4n) is 6.51. The second kappa shape index (κ2) is 9.72. The van der Waals surface area contributed by atoms with Crippen LogP contribution in [0.15, 0.2) is 109 Å². The quantitative estimate of drug-likeness (QED) is 0.147. The topological polar surface area (TPSA) is 22.6 Å². The first kappa shape index (κ1) is 25.6. The molecule has 4 heterocycles. The van der Waals surface area contributed by atoms with E-state index >= 15 is 0 Å². The maximum absolute atomic E-state index is 4.98. The van der Waals surface area contributed by atoms with Crippen molar-refractivity contribution >= 4 is 56.4 Å². The Balaban J connectivity index is 0.00000267. The molecule has 42 heavy (non-hydrogen) atoms. The van der Waals surface area contributed by atoms with E-state index in [2.05, 4.69) is 137 Å². The van der Waals surface area contributed by atoms with Gasteiger partial charge in [-0.1, -0.05) is 59.8 Å². The molecule has 0 N–H and O–H groups in total. The van der Waals surface area contributed by atoms with Crippen molar-refractivity contribution in [2.45, 2.75) is 0 Å². The van der Waals surface area contributed by atoms with E-state index in [1.165, 1.54) is 49.3 Å². The van der Waals surface area contributed by atoms with Crippen molar-refractivity contribution in [3.05, 3.63) is 122 Å². The van der Waals surface area contributed by atoms with E-state index in [9.17, 15) is 0 Å². The number of nitrogens with zero attached hydrogens (tertiary/aromatic N) is 4. The third-order valence-electron chi connectivity index (χ3n) is 8.36. The predicted molar refractivity (Wildman–Crippen MR) is 171 cm³/mol. The molecule has 0 atom stereocenters. The first-order valence-corrected chi connectivity index (χ1v) is 14.7. The van der Waals surface area contributed by atoms with Crippen molar-refractivity contribution in [2.24, 2.45) is 0 Å². The summed E-state index contributed by atoms with van der Waals surface area (Å²) < 4.78 is 1.19. The van der Waals surface area contributed by atoms with Crippen LogP contribution in [0.5, 0.6) is 0 Å². The van der Waals surface area contributed by atoms with E-state index < -0.39 is 0 Å². The average Bonchev–Trinajstić information content (AvgIpc) is 3.67. The molecule has 0 fully saturated rings. The van der Waals surface area contributed by atoms with Crippen LogP contribution in [0.4, 0.5) is 17.1 Å². The number of hydrogen-bond donors (Lipinski definition) is 0. The van der Waals surface area contributed by atoms with Gasteiger partial charge >= 0.3 is 21.1 Å². The van der Waals surface area contributed by atoms with Crippen LogP contribution < -0.4 is 20.6 Å². The molecule has 3 aliphatic rings. The minimum atomic E-state index is -0.0663. The van der Waals surface area contributed by atoms with Gasteiger partial charge in [-0.05, 0) is 29.8 Å². The predicted octanol–water partition coefficient (Wildman–Crippen LogP) is 6.65. The first-order chi connectivity index (χ1) is 20.2. The van der Waals surface area contributed by atoms with Crippen molar-refractivity contribution in [1.82, 2.24) is 9.88 Å². The number of rotatable bonds is 2. The number of aromatic nitrogens is 1. The Morgan fingerprint density at radius 3 is 2.10 bits per heavy atom. The number of thiazole rings is 1. The Bertz CT molecular complexity index is 2020. The maximum atomic E-state index is 4.98. The number of benzene rings is 5. The second-order valence-electron chi connectivity index (χ2n) is 10.8. The number of para-hydroxylation sites is 3. The van der Waals surface area contributed by atoms with Gasteiger partial charge in [0.1, 0.15) is 0 Å². The normalized spacial score (nSPS) is 14.2. The number of fused-ring (bicyclic) bond motifs is 12. The fourth-order valence-corrected chi connectivity index (χ4v) is 7.46. The molecule has 7 heteroatoms. The molecule has 0 bridgehead atoms. The Morgan fingerprint density at radius 1 is 0.714 bits per heavy atom. The van der Waals surface area contributed by atoms with Gasteiger partial charge in [-0.3, -0.25) is 4.98 Å². The van der Waals surface area contributed by atoms with Crippen LogP contribution in [-0.2, 0) is 21.1 Å². The largest absolute Gasteiger partial charge is 2.00 e. The van der Waals surface area contributed by atoms with Crippen molar-refractivity contribution in [2.75, 3.05) is 23.4 Å². The standard InChI is InChI=1S/C35H23BN4S.Pt/c1-38-18-19-39(22-38)24-15-17-26-28-9-3-6-12-33(28)40-32-11-5-2-8-27(32)25-16-14-23(20-29(25)36(40)30(26)21-24)35-37-31-10-4-7-13-34(31)41-35;/h2-19H,22H2,1H3;/q-2;+2. The first-order valence-electron chi connectivity index (χ1n) is 13.8. The van der Waals surface area contributed by atoms with E-state index in [-0.39, 0.29) is 27.9 Å². The molecule has 9 rings (SSSR count). The van der Waals surface area contributed by atoms with Crippen LogP contribution in [0.2, 0.25) is 0 Å². The average molecular weight is 738 g/mol. The van der Waals surface area contributed by atoms with E-state index in [1.807, 2.05) is 6.07 Å². The summed E-state index contributed by atoms with van der Waals surface area (Å²) in [6.07, 6.45) is 4.24. The summed E-state index contributed by atoms with van der Waals surface area (Å²) in [6, 6.07) is 42.6. The van der Waals surface area contributed by atoms with Gasteiger partial charge in [0, 0.05) is 40.5 Å². The summed E-state index contributed by atoms with van der Waals surface area (Å²) in [6.45, 7) is 0.747. The van der Waals surface area contributed by atoms with E-state index in [0.29, 0.717) is 0 Å². The smallest absolute Gasteiger partial charge is 0.381 e. The van der Waals surface area contributed by atoms with Gasteiger partial charge in [0.05, 0.1) is 12.2 Å². The monoisotopic (exact) mass is 737 g/mol. The Labute approximate surface area is 263 Å². The molecule has 0 aliphatic carbocycles. The van der Waals surface area contributed by atoms with Crippen LogP contribution >= 0.6 is 11.3 Å². The van der Waals surface area contributed by atoms with Gasteiger partial charge in [-0.25, -0.2) is 0 Å². The molecule has 0 saturated heterocycles. The summed E-state index contributed by atoms with van der Waals surface area (Å²) in [7, 11) is 2.10. The Kier molecular flexibility index (Phi) is 5.92. The van der Waals surface area contributed by atoms with Crippen molar-refractivity contribution in [1.29, 1.82) is 0 Å². The molecule has 4 nitrogen and oxygen atoms in total. The van der Waals surface area contributed by atoms with Gasteiger partial charge in [-0.2, -0.15) is 28.9 Å². The summed E-state index contributed by atoms with van der Waals surface area (Å²) in [5.74, 6) is 0. The van der Waals surface area contributed by atoms with Gasteiger partial charge in [0.2, 0.25) is 0 Å². The van der Waals surface area contributed by atoms with Gasteiger partial charge < -0.3 is 14.6 Å². The molecule has 0 amide bonds. The molecule has 0 unspecified atom stereocenters. The van der Waals surface area contributed by atoms with E-state index in [1.54, 1.807) is 11.3 Å². The van der Waals surface area contributed by atoms with E-state index in [4.69, 9.17) is 4.98 Å². The van der Waals surface area contributed by atoms with Gasteiger partial charge in [0.25, 0.3) is 6.85 Å². The fraction of sp³-hybridized carbons (Fsp3) is 0.0571. The summed E-state index contributed by atoms with van der Waals surface area (Å²) in [4.78, 5) is 11.9. The van der Waals surface area contributed by atoms with Crippen molar-refractivity contribution in [3.63, 3.8) is 0 Å². The zero-order chi connectivity index (χ0) is 27.1. The van der Waals surface area contributed by atoms with Crippen LogP contribution in [0.1, 0.15) is 0 Å². The molecule has 0 spiro atoms. The zero-order valence-corrected chi connectivity index (χ0v) is 25.8. The minimum absolute atomic E-state index is 0. The zero-order valence-electron chi connectivity index (χ0n) is 22.7. The van der Waals surface area contributed by atoms with Crippen LogP contribution in [0, 0.1) is 12.1 Å². The van der Waals surface area contributed by atoms with Crippen molar-refractivity contribution in [3.8, 4) is 32.8 Å². The molecule has 0 radical (unpaired) electrons. The molecule has 6 aromatic rings. The third-order valence-corrected chi connectivity index (χ3v) is 9.43. The Morgan fingerprint density at radius 2 is 1.38 bits per heavy atom. The van der Waals surface area contributed by atoms with Crippen LogP contribution in [0.25, 0.3) is 43.0 Å². The molecule has 5 aromatic carbocycles. The molecule has 1 aromatic heterocycles. The second-order valence-corrected chi connectivity index (χ2v) is 11.9. The summed E-state index contributed by atoms with van der Waals surface area (Å²) >= 11 is 1.73. The van der Waals surface area contributed by atoms with Crippen LogP contribution in [-0.4, -0.2) is 30.4 Å². The maximum Gasteiger partial charge on any atom is 2.00 e. The van der Waals surface area contributed by atoms with E-state index in [0.717, 1.165) is 28.4 Å². The number of anilines is 3. The molecule has 0 saturated carbocycles. The Hall–Kier alpha value is -4.12. The molecule has 3 aliphatic heterocycles. The summed E-state index contributed by atoms with van der Waals surface area (Å²) in [5, 5.41) is 0.999. The van der Waals surface area contributed by atoms with Crippen LogP contribution in [0.3, 0.4) is 0 Å². The molecular formula is C35H23BN4PtS. The third kappa shape index (κ3) is 3.75. The van der Waals surface area contributed by atoms with Gasteiger partial charge in [0.15, 0.2) is 0 Å². The number of hydrogen-bond acceptors (Lipinski definition) is 5. The molecular weight excluding hydrogens is 714 g/mol. The van der Waals surface area contributed by atoms with Gasteiger partial charge in [-0.15, -0.1) is 46.4 Å². The van der Waals surface area contributed by atoms with Crippen molar-refractivity contribution < 1.29 is 21.1 Å². The SMILES string of the molecule is CN1C=CN(c2[c-]c3c(cc2)-c2ccccc2N2B3c3[c-]c(-c4nc5ccccc5s4)ccc3-c3ccccc32)C1.[Pt+2]. The minimum Gasteiger partial charge on any atom is -0.381 e. The molecule has 202 valence electrons.